The predicted octanol–water partition coefficient (Wildman–Crippen LogP) is 10.9. The summed E-state index contributed by atoms with van der Waals surface area (Å²) in [5, 5.41) is 13.7. The van der Waals surface area contributed by atoms with E-state index in [1.54, 1.807) is 39.2 Å². The first kappa shape index (κ1) is 48.9. The molecule has 71 heavy (non-hydrogen) atoms. The van der Waals surface area contributed by atoms with Crippen molar-refractivity contribution >= 4 is 85.8 Å². The zero-order valence-electron chi connectivity index (χ0n) is 38.6. The van der Waals surface area contributed by atoms with E-state index in [0.29, 0.717) is 38.8 Å². The summed E-state index contributed by atoms with van der Waals surface area (Å²) in [5.74, 6) is -3.52. The van der Waals surface area contributed by atoms with Crippen molar-refractivity contribution in [3.05, 3.63) is 164 Å². The first-order chi connectivity index (χ1) is 33.9. The second-order valence-corrected chi connectivity index (χ2v) is 16.9. The van der Waals surface area contributed by atoms with Crippen molar-refractivity contribution in [1.82, 2.24) is 19.1 Å². The summed E-state index contributed by atoms with van der Waals surface area (Å²) in [5.41, 5.74) is 0.190. The number of halogens is 5. The molecule has 0 fully saturated rings. The summed E-state index contributed by atoms with van der Waals surface area (Å²) in [4.78, 5) is 78.8. The molecular weight excluding hydrogens is 944 g/mol. The first-order valence-corrected chi connectivity index (χ1v) is 22.3. The summed E-state index contributed by atoms with van der Waals surface area (Å²) >= 11 is 6.65. The monoisotopic (exact) mass is 986 g/mol. The van der Waals surface area contributed by atoms with E-state index in [4.69, 9.17) is 11.6 Å². The number of rotatable bonds is 12. The Morgan fingerprint density at radius 2 is 1.31 bits per heavy atom. The summed E-state index contributed by atoms with van der Waals surface area (Å²) in [6.07, 6.45) is 2.94. The molecule has 0 radical (unpaired) electrons. The predicted molar refractivity (Wildman–Crippen MR) is 269 cm³/mol. The minimum Gasteiger partial charge on any atom is -0.373 e. The minimum atomic E-state index is -1.06. The van der Waals surface area contributed by atoms with Gasteiger partial charge in [0.15, 0.2) is 0 Å². The third kappa shape index (κ3) is 10.3. The lowest BCUT2D eigenvalue weighted by Crippen LogP contribution is -2.41. The zero-order valence-corrected chi connectivity index (χ0v) is 39.3. The number of carbonyl (C=O) groups is 3. The van der Waals surface area contributed by atoms with Gasteiger partial charge >= 0.3 is 12.1 Å². The molecule has 0 unspecified atom stereocenters. The van der Waals surface area contributed by atoms with Gasteiger partial charge in [-0.25, -0.2) is 37.1 Å². The molecule has 362 valence electrons. The van der Waals surface area contributed by atoms with Gasteiger partial charge in [0.05, 0.1) is 27.4 Å². The largest absolute Gasteiger partial charge is 0.373 e. The fourth-order valence-electron chi connectivity index (χ4n) is 8.13. The van der Waals surface area contributed by atoms with Gasteiger partial charge in [0.1, 0.15) is 41.4 Å². The van der Waals surface area contributed by atoms with E-state index in [1.807, 2.05) is 13.8 Å². The van der Waals surface area contributed by atoms with E-state index in [9.17, 15) is 32.8 Å². The molecular formula is C51H43ClF4N10O5. The fourth-order valence-corrected chi connectivity index (χ4v) is 8.38. The quantitative estimate of drug-likeness (QED) is 0.0749. The van der Waals surface area contributed by atoms with Crippen LogP contribution in [-0.2, 0) is 11.3 Å². The van der Waals surface area contributed by atoms with Gasteiger partial charge in [-0.3, -0.25) is 19.3 Å². The van der Waals surface area contributed by atoms with Gasteiger partial charge in [0.25, 0.3) is 11.1 Å². The Balaban J connectivity index is 1.12. The van der Waals surface area contributed by atoms with Gasteiger partial charge in [-0.05, 0) is 112 Å². The van der Waals surface area contributed by atoms with E-state index in [2.05, 4.69) is 36.6 Å². The van der Waals surface area contributed by atoms with Crippen molar-refractivity contribution in [3.8, 4) is 22.3 Å². The Morgan fingerprint density at radius 1 is 0.690 bits per heavy atom. The normalized spacial score (nSPS) is 11.2. The van der Waals surface area contributed by atoms with Gasteiger partial charge in [-0.15, -0.1) is 0 Å². The van der Waals surface area contributed by atoms with Crippen LogP contribution in [0.5, 0.6) is 0 Å². The second-order valence-electron chi connectivity index (χ2n) is 16.5. The number of nitrogens with zero attached hydrogens (tertiary/aromatic N) is 5. The molecule has 15 nitrogen and oxygen atoms in total. The molecule has 4 heterocycles. The van der Waals surface area contributed by atoms with Crippen LogP contribution in [0.3, 0.4) is 0 Å². The van der Waals surface area contributed by atoms with Gasteiger partial charge in [0.2, 0.25) is 5.91 Å². The number of urea groups is 2. The van der Waals surface area contributed by atoms with Crippen molar-refractivity contribution in [3.63, 3.8) is 0 Å². The maximum absolute atomic E-state index is 16.3. The average Bonchev–Trinajstić information content (AvgIpc) is 3.31. The van der Waals surface area contributed by atoms with Crippen LogP contribution in [0.25, 0.3) is 44.1 Å². The number of nitrogens with one attached hydrogen (secondary N) is 5. The molecule has 20 heteroatoms. The standard InChI is InChI=1S/C51H43ClF4N10O5/c1-6-64-42-21-46(59-23-28(42)14-36(48(64)68)34-18-41(39(55)13-27(34)4)62-50(70)60-32-11-7-9-30(53)16-32)63-47(67)25-65(51(71)61-33-12-8-10-31(54)17-33)44-19-35(38(52)20-40(44)56)37-15-29-24-58-45(57-5)22-43(29)66(26(2)3)49(37)69/h7-24,26H,6,25H2,1-5H3,(H,57,58)(H,61,71)(H,59,63,67)(H2,60,62,70). The number of fused-ring (bicyclic) bond motifs is 2. The van der Waals surface area contributed by atoms with Crippen LogP contribution in [0.1, 0.15) is 32.4 Å². The number of pyridine rings is 4. The van der Waals surface area contributed by atoms with Gasteiger partial charge < -0.3 is 35.7 Å². The van der Waals surface area contributed by atoms with Crippen molar-refractivity contribution in [1.29, 1.82) is 0 Å². The molecule has 5 N–H and O–H groups in total. The van der Waals surface area contributed by atoms with Crippen LogP contribution >= 0.6 is 11.6 Å². The highest BCUT2D eigenvalue weighted by Gasteiger charge is 2.27. The lowest BCUT2D eigenvalue weighted by atomic mass is 9.99. The highest BCUT2D eigenvalue weighted by molar-refractivity contribution is 6.33. The molecule has 4 aromatic carbocycles. The molecule has 0 aliphatic rings. The summed E-state index contributed by atoms with van der Waals surface area (Å²) in [6, 6.07) is 18.6. The van der Waals surface area contributed by atoms with Crippen LogP contribution in [0, 0.1) is 30.2 Å². The summed E-state index contributed by atoms with van der Waals surface area (Å²) in [6.45, 7) is 6.20. The molecule has 0 spiro atoms. The highest BCUT2D eigenvalue weighted by Crippen LogP contribution is 2.36. The number of anilines is 6. The van der Waals surface area contributed by atoms with Crippen molar-refractivity contribution in [2.45, 2.75) is 40.3 Å². The van der Waals surface area contributed by atoms with Crippen molar-refractivity contribution < 1.29 is 31.9 Å². The number of aromatic nitrogens is 4. The fraction of sp³-hybridized carbons (Fsp3) is 0.157. The SMILES string of the molecule is CCn1c(=O)c(-c2cc(NC(=O)Nc3cccc(F)c3)c(F)cc2C)cc2cnc(NC(=O)CN(C(=O)Nc3cccc(F)c3)c3cc(-c4cc5cnc(NC)cc5n(C(C)C)c4=O)c(Cl)cc3F)cc21. The average molecular weight is 987 g/mol. The third-order valence-corrected chi connectivity index (χ3v) is 11.7. The summed E-state index contributed by atoms with van der Waals surface area (Å²) < 4.78 is 62.4. The molecule has 0 aliphatic carbocycles. The number of aryl methyl sites for hydroxylation is 2. The Kier molecular flexibility index (Phi) is 13.9. The highest BCUT2D eigenvalue weighted by atomic mass is 35.5. The lowest BCUT2D eigenvalue weighted by Gasteiger charge is -2.24. The van der Waals surface area contributed by atoms with Crippen LogP contribution in [0.15, 0.2) is 119 Å². The van der Waals surface area contributed by atoms with Gasteiger partial charge in [-0.1, -0.05) is 23.7 Å². The van der Waals surface area contributed by atoms with Crippen LogP contribution < -0.4 is 42.6 Å². The smallest absolute Gasteiger partial charge is 0.326 e. The second kappa shape index (κ2) is 20.2. The van der Waals surface area contributed by atoms with Gasteiger partial charge in [0, 0.05) is 83.0 Å². The third-order valence-electron chi connectivity index (χ3n) is 11.4. The van der Waals surface area contributed by atoms with Crippen molar-refractivity contribution in [2.75, 3.05) is 45.1 Å². The van der Waals surface area contributed by atoms with Crippen LogP contribution in [-0.4, -0.2) is 50.7 Å². The molecule has 8 aromatic rings. The number of carbonyl (C=O) groups excluding carboxylic acids is 3. The molecule has 0 atom stereocenters. The van der Waals surface area contributed by atoms with Crippen LogP contribution in [0.2, 0.25) is 5.02 Å². The Morgan fingerprint density at radius 3 is 1.94 bits per heavy atom. The number of amides is 5. The Hall–Kier alpha value is -8.58. The molecule has 4 aromatic heterocycles. The van der Waals surface area contributed by atoms with Gasteiger partial charge in [-0.2, -0.15) is 0 Å². The maximum atomic E-state index is 16.3. The minimum absolute atomic E-state index is 0.0134. The molecule has 5 amide bonds. The maximum Gasteiger partial charge on any atom is 0.326 e. The van der Waals surface area contributed by atoms with E-state index < -0.39 is 64.6 Å². The zero-order chi connectivity index (χ0) is 50.8. The number of benzene rings is 4. The molecule has 0 bridgehead atoms. The van der Waals surface area contributed by atoms with Crippen LogP contribution in [0.4, 0.5) is 61.5 Å². The molecule has 0 saturated carbocycles. The molecule has 8 rings (SSSR count). The van der Waals surface area contributed by atoms with Crippen molar-refractivity contribution in [2.24, 2.45) is 0 Å². The first-order valence-electron chi connectivity index (χ1n) is 22.0. The molecule has 0 saturated heterocycles. The Bertz CT molecular complexity index is 3590. The topological polar surface area (TPSA) is 184 Å². The Labute approximate surface area is 407 Å². The van der Waals surface area contributed by atoms with E-state index in [-0.39, 0.29) is 57.2 Å². The molecule has 0 aliphatic heterocycles. The lowest BCUT2D eigenvalue weighted by molar-refractivity contribution is -0.114. The van der Waals surface area contributed by atoms with E-state index >= 15 is 8.78 Å². The van der Waals surface area contributed by atoms with E-state index in [0.717, 1.165) is 35.2 Å². The summed E-state index contributed by atoms with van der Waals surface area (Å²) in [7, 11) is 1.69. The van der Waals surface area contributed by atoms with E-state index in [1.165, 1.54) is 69.9 Å². The number of hydrogen-bond donors (Lipinski definition) is 5. The number of hydrogen-bond acceptors (Lipinski definition) is 8.